The summed E-state index contributed by atoms with van der Waals surface area (Å²) in [5.41, 5.74) is -1.01. The molecule has 0 aliphatic carbocycles. The van der Waals surface area contributed by atoms with Crippen LogP contribution in [0, 0.1) is 15.5 Å². The van der Waals surface area contributed by atoms with E-state index in [1.165, 1.54) is 45.2 Å². The molecule has 1 fully saturated rings. The van der Waals surface area contributed by atoms with Crippen molar-refractivity contribution in [3.05, 3.63) is 70.4 Å². The molecule has 10 nitrogen and oxygen atoms in total. The molecule has 0 spiro atoms. The van der Waals surface area contributed by atoms with Crippen LogP contribution in [-0.4, -0.2) is 35.0 Å². The lowest BCUT2D eigenvalue weighted by atomic mass is 9.83. The van der Waals surface area contributed by atoms with Crippen LogP contribution in [-0.2, 0) is 35.5 Å². The number of hydrogen-bond acceptors (Lipinski definition) is 8. The number of esters is 2. The zero-order valence-electron chi connectivity index (χ0n) is 18.7. The van der Waals surface area contributed by atoms with Crippen molar-refractivity contribution in [1.29, 1.82) is 0 Å². The average molecular weight is 487 g/mol. The highest BCUT2D eigenvalue weighted by molar-refractivity contribution is 7.90. The molecule has 0 N–H and O–H groups in total. The standard InChI is InChI=1S/C23H22N2O8S/c1-22(2)32-20(26)23(3,21(27)33-22)13-11-15-7-6-9-17-16(15)12-14-24(17)34(30,31)19-10-5-4-8-18(19)25(28)29/h4-10,12,14H,11,13H2,1-3H3. The maximum atomic E-state index is 13.3. The van der Waals surface area contributed by atoms with Gasteiger partial charge in [-0.1, -0.05) is 24.3 Å². The van der Waals surface area contributed by atoms with Gasteiger partial charge in [0.2, 0.25) is 0 Å². The van der Waals surface area contributed by atoms with E-state index >= 15 is 0 Å². The quantitative estimate of drug-likeness (QED) is 0.223. The van der Waals surface area contributed by atoms with E-state index in [1.54, 1.807) is 24.3 Å². The molecule has 1 aliphatic rings. The fraction of sp³-hybridized carbons (Fsp3) is 0.304. The summed E-state index contributed by atoms with van der Waals surface area (Å²) in [4.78, 5) is 35.3. The summed E-state index contributed by atoms with van der Waals surface area (Å²) in [6.07, 6.45) is 1.67. The molecular weight excluding hydrogens is 464 g/mol. The molecule has 11 heteroatoms. The number of rotatable bonds is 6. The van der Waals surface area contributed by atoms with Gasteiger partial charge in [0.1, 0.15) is 0 Å². The molecule has 2 heterocycles. The molecule has 0 bridgehead atoms. The number of cyclic esters (lactones) is 2. The molecule has 0 saturated carbocycles. The number of carbonyl (C=O) groups is 2. The summed E-state index contributed by atoms with van der Waals surface area (Å²) in [7, 11) is -4.27. The number of nitro groups is 1. The van der Waals surface area contributed by atoms with E-state index in [4.69, 9.17) is 9.47 Å². The first-order valence-electron chi connectivity index (χ1n) is 10.4. The van der Waals surface area contributed by atoms with Crippen molar-refractivity contribution in [3.63, 3.8) is 0 Å². The number of para-hydroxylation sites is 1. The summed E-state index contributed by atoms with van der Waals surface area (Å²) in [5, 5.41) is 11.9. The van der Waals surface area contributed by atoms with Gasteiger partial charge in [-0.25, -0.2) is 12.4 Å². The highest BCUT2D eigenvalue weighted by Gasteiger charge is 2.52. The summed E-state index contributed by atoms with van der Waals surface area (Å²) in [5.74, 6) is -2.70. The number of aryl methyl sites for hydroxylation is 1. The van der Waals surface area contributed by atoms with Gasteiger partial charge in [-0.05, 0) is 43.5 Å². The largest absolute Gasteiger partial charge is 0.422 e. The van der Waals surface area contributed by atoms with Gasteiger partial charge in [-0.2, -0.15) is 0 Å². The minimum absolute atomic E-state index is 0.0853. The van der Waals surface area contributed by atoms with Crippen LogP contribution >= 0.6 is 0 Å². The molecule has 3 aromatic rings. The SMILES string of the molecule is CC1(C)OC(=O)C(C)(CCc2cccc3c2ccn3S(=O)(=O)c2ccccc2[N+](=O)[O-])C(=O)O1. The van der Waals surface area contributed by atoms with E-state index in [1.807, 2.05) is 0 Å². The van der Waals surface area contributed by atoms with E-state index < -0.39 is 48.7 Å². The minimum atomic E-state index is -4.27. The number of aromatic nitrogens is 1. The molecule has 0 atom stereocenters. The van der Waals surface area contributed by atoms with E-state index in [0.717, 1.165) is 10.0 Å². The Morgan fingerprint density at radius 2 is 1.62 bits per heavy atom. The predicted octanol–water partition coefficient (Wildman–Crippen LogP) is 3.56. The first-order chi connectivity index (χ1) is 15.9. The Morgan fingerprint density at radius 1 is 0.971 bits per heavy atom. The fourth-order valence-electron chi connectivity index (χ4n) is 3.93. The summed E-state index contributed by atoms with van der Waals surface area (Å²) in [6.45, 7) is 4.41. The first kappa shape index (κ1) is 23.4. The molecule has 2 aromatic carbocycles. The van der Waals surface area contributed by atoms with Gasteiger partial charge >= 0.3 is 11.9 Å². The van der Waals surface area contributed by atoms with Gasteiger partial charge in [0, 0.05) is 31.5 Å². The lowest BCUT2D eigenvalue weighted by Crippen LogP contribution is -2.52. The molecular formula is C23H22N2O8S. The van der Waals surface area contributed by atoms with Gasteiger partial charge in [-0.15, -0.1) is 0 Å². The fourth-order valence-corrected chi connectivity index (χ4v) is 5.44. The molecule has 0 radical (unpaired) electrons. The molecule has 34 heavy (non-hydrogen) atoms. The average Bonchev–Trinajstić information content (AvgIpc) is 3.21. The summed E-state index contributed by atoms with van der Waals surface area (Å²) in [6, 6.07) is 11.7. The second-order valence-electron chi connectivity index (χ2n) is 8.70. The zero-order valence-corrected chi connectivity index (χ0v) is 19.5. The van der Waals surface area contributed by atoms with E-state index in [-0.39, 0.29) is 12.8 Å². The van der Waals surface area contributed by atoms with Crippen molar-refractivity contribution in [1.82, 2.24) is 3.97 Å². The Hall–Kier alpha value is -3.73. The van der Waals surface area contributed by atoms with Crippen molar-refractivity contribution in [2.45, 2.75) is 44.3 Å². The molecule has 1 aliphatic heterocycles. The number of nitrogens with zero attached hydrogens (tertiary/aromatic N) is 2. The van der Waals surface area contributed by atoms with Gasteiger partial charge in [0.05, 0.1) is 10.4 Å². The summed E-state index contributed by atoms with van der Waals surface area (Å²) >= 11 is 0. The summed E-state index contributed by atoms with van der Waals surface area (Å²) < 4.78 is 38.0. The lowest BCUT2D eigenvalue weighted by Gasteiger charge is -2.38. The van der Waals surface area contributed by atoms with Crippen LogP contribution in [0.4, 0.5) is 5.69 Å². The third-order valence-electron chi connectivity index (χ3n) is 5.86. The third-order valence-corrected chi connectivity index (χ3v) is 7.60. The smallest absolute Gasteiger partial charge is 0.326 e. The van der Waals surface area contributed by atoms with E-state index in [2.05, 4.69) is 0 Å². The Labute approximate surface area is 195 Å². The van der Waals surface area contributed by atoms with Crippen LogP contribution in [0.15, 0.2) is 59.6 Å². The maximum Gasteiger partial charge on any atom is 0.326 e. The maximum absolute atomic E-state index is 13.3. The molecule has 0 amide bonds. The number of nitro benzene ring substituents is 1. The first-order valence-corrected chi connectivity index (χ1v) is 11.9. The van der Waals surface area contributed by atoms with Crippen molar-refractivity contribution in [2.24, 2.45) is 5.41 Å². The predicted molar refractivity (Wildman–Crippen MR) is 120 cm³/mol. The third kappa shape index (κ3) is 3.81. The lowest BCUT2D eigenvalue weighted by molar-refractivity contribution is -0.387. The van der Waals surface area contributed by atoms with Crippen molar-refractivity contribution in [2.75, 3.05) is 0 Å². The minimum Gasteiger partial charge on any atom is -0.422 e. The topological polar surface area (TPSA) is 135 Å². The zero-order chi connectivity index (χ0) is 24.9. The van der Waals surface area contributed by atoms with E-state index in [0.29, 0.717) is 16.5 Å². The number of hydrogen-bond donors (Lipinski definition) is 0. The Morgan fingerprint density at radius 3 is 2.26 bits per heavy atom. The number of carbonyl (C=O) groups excluding carboxylic acids is 2. The molecule has 178 valence electrons. The van der Waals surface area contributed by atoms with Crippen molar-refractivity contribution < 1.29 is 32.4 Å². The highest BCUT2D eigenvalue weighted by atomic mass is 32.2. The number of fused-ring (bicyclic) bond motifs is 1. The van der Waals surface area contributed by atoms with Gasteiger partial charge in [0.25, 0.3) is 21.5 Å². The monoisotopic (exact) mass is 486 g/mol. The second-order valence-corrected chi connectivity index (χ2v) is 10.5. The molecule has 1 aromatic heterocycles. The van der Waals surface area contributed by atoms with Gasteiger partial charge in [0.15, 0.2) is 10.3 Å². The van der Waals surface area contributed by atoms with Crippen molar-refractivity contribution in [3.8, 4) is 0 Å². The van der Waals surface area contributed by atoms with E-state index in [9.17, 15) is 28.1 Å². The highest BCUT2D eigenvalue weighted by Crippen LogP contribution is 2.37. The number of benzene rings is 2. The Bertz CT molecular complexity index is 1420. The second kappa shape index (κ2) is 7.94. The molecule has 4 rings (SSSR count). The van der Waals surface area contributed by atoms with Crippen LogP contribution in [0.25, 0.3) is 10.9 Å². The van der Waals surface area contributed by atoms with Crippen LogP contribution in [0.1, 0.15) is 32.8 Å². The number of ether oxygens (including phenoxy) is 2. The van der Waals surface area contributed by atoms with Crippen LogP contribution in [0.3, 0.4) is 0 Å². The van der Waals surface area contributed by atoms with Crippen molar-refractivity contribution >= 4 is 38.6 Å². The van der Waals surface area contributed by atoms with Crippen LogP contribution in [0.5, 0.6) is 0 Å². The molecule has 0 unspecified atom stereocenters. The molecule has 1 saturated heterocycles. The Balaban J connectivity index is 1.69. The normalized spacial score (nSPS) is 17.3. The Kier molecular flexibility index (Phi) is 5.47. The van der Waals surface area contributed by atoms with Gasteiger partial charge in [-0.3, -0.25) is 19.7 Å². The van der Waals surface area contributed by atoms with Crippen LogP contribution in [0.2, 0.25) is 0 Å². The van der Waals surface area contributed by atoms with Gasteiger partial charge < -0.3 is 9.47 Å². The van der Waals surface area contributed by atoms with Crippen LogP contribution < -0.4 is 0 Å².